The number of para-hydroxylation sites is 1. The predicted molar refractivity (Wildman–Crippen MR) is 69.4 cm³/mol. The van der Waals surface area contributed by atoms with Crippen molar-refractivity contribution in [2.45, 2.75) is 0 Å². The Balaban J connectivity index is 2.89. The number of amides is 1. The molecule has 0 aliphatic heterocycles. The number of halogens is 1. The monoisotopic (exact) mass is 290 g/mol. The van der Waals surface area contributed by atoms with Gasteiger partial charge in [-0.2, -0.15) is 0 Å². The molecule has 1 rings (SSSR count). The van der Waals surface area contributed by atoms with E-state index in [9.17, 15) is 19.1 Å². The number of nitrogens with one attached hydrogen (secondary N) is 1. The topological polar surface area (TPSA) is 89.3 Å². The molecule has 0 heterocycles. The van der Waals surface area contributed by atoms with Gasteiger partial charge in [0.1, 0.15) is 10.6 Å². The highest BCUT2D eigenvalue weighted by Crippen LogP contribution is 2.27. The first-order valence-electron chi connectivity index (χ1n) is 4.94. The van der Waals surface area contributed by atoms with E-state index in [-0.39, 0.29) is 17.1 Å². The molecule has 1 unspecified atom stereocenters. The number of carbonyl (C=O) groups excluding carboxylic acids is 1. The van der Waals surface area contributed by atoms with Crippen molar-refractivity contribution in [3.05, 3.63) is 38.9 Å². The zero-order chi connectivity index (χ0) is 13.7. The molecule has 18 heavy (non-hydrogen) atoms. The van der Waals surface area contributed by atoms with Crippen molar-refractivity contribution in [1.82, 2.24) is 5.32 Å². The summed E-state index contributed by atoms with van der Waals surface area (Å²) < 4.78 is 10.8. The van der Waals surface area contributed by atoms with Crippen LogP contribution in [0.2, 0.25) is 5.02 Å². The van der Waals surface area contributed by atoms with Gasteiger partial charge in [0.2, 0.25) is 0 Å². The smallest absolute Gasteiger partial charge is 0.300 e. The molecule has 1 atom stereocenters. The first-order valence-corrected chi connectivity index (χ1v) is 7.05. The number of rotatable bonds is 5. The average Bonchev–Trinajstić information content (AvgIpc) is 2.27. The van der Waals surface area contributed by atoms with Crippen molar-refractivity contribution >= 4 is 34.0 Å². The molecule has 1 amide bonds. The van der Waals surface area contributed by atoms with E-state index in [1.165, 1.54) is 24.5 Å². The lowest BCUT2D eigenvalue weighted by Crippen LogP contribution is -2.28. The van der Waals surface area contributed by atoms with Crippen molar-refractivity contribution in [1.29, 1.82) is 0 Å². The third kappa shape index (κ3) is 3.78. The van der Waals surface area contributed by atoms with Crippen LogP contribution in [0.4, 0.5) is 5.69 Å². The summed E-state index contributed by atoms with van der Waals surface area (Å²) in [5, 5.41) is 13.2. The summed E-state index contributed by atoms with van der Waals surface area (Å²) in [7, 11) is -1.03. The summed E-state index contributed by atoms with van der Waals surface area (Å²) in [4.78, 5) is 21.9. The Morgan fingerprint density at radius 1 is 1.56 bits per heavy atom. The fraction of sp³-hybridized carbons (Fsp3) is 0.300. The third-order valence-corrected chi connectivity index (χ3v) is 3.17. The quantitative estimate of drug-likeness (QED) is 0.655. The maximum absolute atomic E-state index is 11.7. The van der Waals surface area contributed by atoms with Gasteiger partial charge in [0, 0.05) is 29.4 Å². The van der Waals surface area contributed by atoms with Crippen molar-refractivity contribution in [2.75, 3.05) is 18.6 Å². The molecule has 1 aromatic carbocycles. The molecule has 1 N–H and O–H groups in total. The highest BCUT2D eigenvalue weighted by Gasteiger charge is 2.23. The SMILES string of the molecule is CS(=O)CCNC(=O)c1cccc(Cl)c1[N+](=O)[O-]. The van der Waals surface area contributed by atoms with Crippen LogP contribution in [0.5, 0.6) is 0 Å². The molecule has 0 radical (unpaired) electrons. The standard InChI is InChI=1S/C10H11ClN2O4S/c1-18(17)6-5-12-10(14)7-3-2-4-8(11)9(7)13(15)16/h2-4H,5-6H2,1H3,(H,12,14). The molecule has 0 fully saturated rings. The number of nitrogens with zero attached hydrogens (tertiary/aromatic N) is 1. The second-order valence-corrected chi connectivity index (χ2v) is 5.39. The van der Waals surface area contributed by atoms with Crippen LogP contribution < -0.4 is 5.32 Å². The summed E-state index contributed by atoms with van der Waals surface area (Å²) in [5.41, 5.74) is -0.524. The lowest BCUT2D eigenvalue weighted by molar-refractivity contribution is -0.385. The molecule has 8 heteroatoms. The van der Waals surface area contributed by atoms with E-state index < -0.39 is 27.3 Å². The molecule has 98 valence electrons. The number of hydrogen-bond acceptors (Lipinski definition) is 4. The van der Waals surface area contributed by atoms with Crippen LogP contribution in [-0.4, -0.2) is 33.6 Å². The zero-order valence-corrected chi connectivity index (χ0v) is 11.1. The Hall–Kier alpha value is -1.47. The Morgan fingerprint density at radius 3 is 2.78 bits per heavy atom. The largest absolute Gasteiger partial charge is 0.351 e. The van der Waals surface area contributed by atoms with Gasteiger partial charge in [-0.1, -0.05) is 17.7 Å². The molecular weight excluding hydrogens is 280 g/mol. The minimum atomic E-state index is -1.03. The molecule has 0 aliphatic carbocycles. The van der Waals surface area contributed by atoms with E-state index in [4.69, 9.17) is 11.6 Å². The molecule has 0 saturated heterocycles. The van der Waals surface area contributed by atoms with Gasteiger partial charge in [0.25, 0.3) is 5.91 Å². The van der Waals surface area contributed by atoms with Crippen LogP contribution >= 0.6 is 11.6 Å². The maximum atomic E-state index is 11.7. The van der Waals surface area contributed by atoms with Gasteiger partial charge in [-0.05, 0) is 12.1 Å². The highest BCUT2D eigenvalue weighted by atomic mass is 35.5. The van der Waals surface area contributed by atoms with Crippen LogP contribution in [-0.2, 0) is 10.8 Å². The number of nitro groups is 1. The molecule has 1 aromatic rings. The summed E-state index contributed by atoms with van der Waals surface area (Å²) in [6.45, 7) is 0.186. The summed E-state index contributed by atoms with van der Waals surface area (Å²) in [6.07, 6.45) is 1.51. The van der Waals surface area contributed by atoms with Crippen LogP contribution in [0.1, 0.15) is 10.4 Å². The van der Waals surface area contributed by atoms with Crippen molar-refractivity contribution in [3.63, 3.8) is 0 Å². The molecule has 0 bridgehead atoms. The van der Waals surface area contributed by atoms with Gasteiger partial charge in [0.15, 0.2) is 0 Å². The first-order chi connectivity index (χ1) is 8.43. The molecule has 0 saturated carbocycles. The van der Waals surface area contributed by atoms with Gasteiger partial charge in [-0.25, -0.2) is 0 Å². The number of nitro benzene ring substituents is 1. The van der Waals surface area contributed by atoms with Gasteiger partial charge >= 0.3 is 5.69 Å². The van der Waals surface area contributed by atoms with Gasteiger partial charge < -0.3 is 5.32 Å². The summed E-state index contributed by atoms with van der Waals surface area (Å²) in [6, 6.07) is 4.13. The molecule has 0 aliphatic rings. The zero-order valence-electron chi connectivity index (χ0n) is 9.51. The van der Waals surface area contributed by atoms with Crippen molar-refractivity contribution in [3.8, 4) is 0 Å². The fourth-order valence-electron chi connectivity index (χ4n) is 1.29. The third-order valence-electron chi connectivity index (χ3n) is 2.09. The fourth-order valence-corrected chi connectivity index (χ4v) is 1.92. The minimum absolute atomic E-state index is 0.0910. The Kier molecular flexibility index (Phi) is 5.24. The van der Waals surface area contributed by atoms with Crippen LogP contribution in [0.15, 0.2) is 18.2 Å². The Labute approximate surface area is 111 Å². The predicted octanol–water partition coefficient (Wildman–Crippen LogP) is 1.36. The van der Waals surface area contributed by atoms with Crippen molar-refractivity contribution < 1.29 is 13.9 Å². The van der Waals surface area contributed by atoms with Crippen LogP contribution in [0, 0.1) is 10.1 Å². The normalized spacial score (nSPS) is 11.9. The van der Waals surface area contributed by atoms with E-state index in [1.807, 2.05) is 0 Å². The first kappa shape index (κ1) is 14.6. The number of benzene rings is 1. The summed E-state index contributed by atoms with van der Waals surface area (Å²) in [5.74, 6) is -0.310. The minimum Gasteiger partial charge on any atom is -0.351 e. The average molecular weight is 291 g/mol. The van der Waals surface area contributed by atoms with Gasteiger partial charge in [-0.15, -0.1) is 0 Å². The molecular formula is C10H11ClN2O4S. The summed E-state index contributed by atoms with van der Waals surface area (Å²) >= 11 is 5.68. The van der Waals surface area contributed by atoms with Crippen LogP contribution in [0.3, 0.4) is 0 Å². The highest BCUT2D eigenvalue weighted by molar-refractivity contribution is 7.84. The van der Waals surface area contributed by atoms with E-state index in [0.29, 0.717) is 5.75 Å². The maximum Gasteiger partial charge on any atom is 0.300 e. The molecule has 6 nitrogen and oxygen atoms in total. The van der Waals surface area contributed by atoms with E-state index in [1.54, 1.807) is 0 Å². The molecule has 0 spiro atoms. The van der Waals surface area contributed by atoms with E-state index in [0.717, 1.165) is 0 Å². The van der Waals surface area contributed by atoms with E-state index in [2.05, 4.69) is 5.32 Å². The van der Waals surface area contributed by atoms with E-state index >= 15 is 0 Å². The van der Waals surface area contributed by atoms with Crippen molar-refractivity contribution in [2.24, 2.45) is 0 Å². The van der Waals surface area contributed by atoms with Gasteiger partial charge in [0.05, 0.1) is 4.92 Å². The lowest BCUT2D eigenvalue weighted by atomic mass is 10.1. The van der Waals surface area contributed by atoms with Crippen LogP contribution in [0.25, 0.3) is 0 Å². The Morgan fingerprint density at radius 2 is 2.22 bits per heavy atom. The lowest BCUT2D eigenvalue weighted by Gasteiger charge is -2.05. The second-order valence-electron chi connectivity index (χ2n) is 3.43. The number of hydrogen-bond donors (Lipinski definition) is 1. The second kappa shape index (κ2) is 6.46. The number of carbonyl (C=O) groups is 1. The Bertz CT molecular complexity index is 507. The van der Waals surface area contributed by atoms with Gasteiger partial charge in [-0.3, -0.25) is 19.1 Å². The molecule has 0 aromatic heterocycles.